The van der Waals surface area contributed by atoms with Gasteiger partial charge in [-0.1, -0.05) is 54.6 Å². The highest BCUT2D eigenvalue weighted by atomic mass is 14.6. The SMILES string of the molecule is [CH2]c1ccccc1C(N)Cc1ccccc1. The smallest absolute Gasteiger partial charge is 0.0338 e. The van der Waals surface area contributed by atoms with Crippen LogP contribution in [-0.2, 0) is 6.42 Å². The van der Waals surface area contributed by atoms with Gasteiger partial charge in [-0.3, -0.25) is 0 Å². The summed E-state index contributed by atoms with van der Waals surface area (Å²) >= 11 is 0. The Morgan fingerprint density at radius 1 is 0.938 bits per heavy atom. The second-order valence-electron chi connectivity index (χ2n) is 4.00. The maximum atomic E-state index is 6.19. The summed E-state index contributed by atoms with van der Waals surface area (Å²) in [6.45, 7) is 4.00. The maximum Gasteiger partial charge on any atom is 0.0338 e. The molecule has 0 amide bonds. The molecule has 0 heterocycles. The Hall–Kier alpha value is -1.60. The first-order chi connectivity index (χ1) is 7.77. The summed E-state index contributed by atoms with van der Waals surface area (Å²) in [6, 6.07) is 18.4. The monoisotopic (exact) mass is 210 g/mol. The quantitative estimate of drug-likeness (QED) is 0.827. The number of benzene rings is 2. The highest BCUT2D eigenvalue weighted by Crippen LogP contribution is 2.19. The summed E-state index contributed by atoms with van der Waals surface area (Å²) in [5, 5.41) is 0. The van der Waals surface area contributed by atoms with Crippen molar-refractivity contribution in [1.82, 2.24) is 0 Å². The van der Waals surface area contributed by atoms with Crippen LogP contribution in [0.5, 0.6) is 0 Å². The maximum absolute atomic E-state index is 6.19. The summed E-state index contributed by atoms with van der Waals surface area (Å²) in [5.74, 6) is 0. The van der Waals surface area contributed by atoms with Gasteiger partial charge in [-0.25, -0.2) is 0 Å². The van der Waals surface area contributed by atoms with Crippen LogP contribution < -0.4 is 5.73 Å². The number of hydrogen-bond donors (Lipinski definition) is 1. The Morgan fingerprint density at radius 3 is 2.25 bits per heavy atom. The predicted octanol–water partition coefficient (Wildman–Crippen LogP) is 3.11. The van der Waals surface area contributed by atoms with Gasteiger partial charge in [0.2, 0.25) is 0 Å². The molecule has 2 aromatic rings. The van der Waals surface area contributed by atoms with Crippen LogP contribution in [0, 0.1) is 6.92 Å². The van der Waals surface area contributed by atoms with Gasteiger partial charge < -0.3 is 5.73 Å². The fourth-order valence-corrected chi connectivity index (χ4v) is 1.87. The first-order valence-corrected chi connectivity index (χ1v) is 5.48. The molecule has 16 heavy (non-hydrogen) atoms. The van der Waals surface area contributed by atoms with Crippen molar-refractivity contribution in [3.63, 3.8) is 0 Å². The van der Waals surface area contributed by atoms with Crippen LogP contribution in [0.2, 0.25) is 0 Å². The molecule has 0 saturated carbocycles. The molecular formula is C15H16N. The molecule has 0 spiro atoms. The molecule has 0 aliphatic heterocycles. The van der Waals surface area contributed by atoms with Gasteiger partial charge >= 0.3 is 0 Å². The van der Waals surface area contributed by atoms with E-state index < -0.39 is 0 Å². The van der Waals surface area contributed by atoms with Crippen molar-refractivity contribution >= 4 is 0 Å². The summed E-state index contributed by atoms with van der Waals surface area (Å²) in [6.07, 6.45) is 0.855. The highest BCUT2D eigenvalue weighted by Gasteiger charge is 2.08. The zero-order valence-electron chi connectivity index (χ0n) is 9.27. The average molecular weight is 210 g/mol. The number of hydrogen-bond acceptors (Lipinski definition) is 1. The zero-order valence-corrected chi connectivity index (χ0v) is 9.27. The number of rotatable bonds is 3. The van der Waals surface area contributed by atoms with Gasteiger partial charge in [0.15, 0.2) is 0 Å². The molecule has 2 N–H and O–H groups in total. The third-order valence-corrected chi connectivity index (χ3v) is 2.75. The standard InChI is InChI=1S/C15H16N/c1-12-7-5-6-10-14(12)15(16)11-13-8-3-2-4-9-13/h2-10,15H,1,11,16H2. The summed E-state index contributed by atoms with van der Waals surface area (Å²) in [4.78, 5) is 0. The zero-order chi connectivity index (χ0) is 11.4. The van der Waals surface area contributed by atoms with E-state index in [4.69, 9.17) is 5.73 Å². The Labute approximate surface area is 96.9 Å². The molecule has 1 radical (unpaired) electrons. The van der Waals surface area contributed by atoms with E-state index in [0.29, 0.717) is 0 Å². The lowest BCUT2D eigenvalue weighted by molar-refractivity contribution is 0.719. The second kappa shape index (κ2) is 4.95. The van der Waals surface area contributed by atoms with Gasteiger partial charge in [-0.15, -0.1) is 0 Å². The molecule has 0 aromatic heterocycles. The van der Waals surface area contributed by atoms with E-state index >= 15 is 0 Å². The van der Waals surface area contributed by atoms with Crippen molar-refractivity contribution in [1.29, 1.82) is 0 Å². The van der Waals surface area contributed by atoms with E-state index in [-0.39, 0.29) is 6.04 Å². The third-order valence-electron chi connectivity index (χ3n) is 2.75. The van der Waals surface area contributed by atoms with E-state index in [0.717, 1.165) is 17.5 Å². The van der Waals surface area contributed by atoms with E-state index in [1.807, 2.05) is 36.4 Å². The molecule has 81 valence electrons. The van der Waals surface area contributed by atoms with Crippen molar-refractivity contribution in [2.75, 3.05) is 0 Å². The van der Waals surface area contributed by atoms with Crippen molar-refractivity contribution in [3.8, 4) is 0 Å². The van der Waals surface area contributed by atoms with E-state index in [9.17, 15) is 0 Å². The van der Waals surface area contributed by atoms with Gasteiger partial charge in [0.25, 0.3) is 0 Å². The predicted molar refractivity (Wildman–Crippen MR) is 68.0 cm³/mol. The topological polar surface area (TPSA) is 26.0 Å². The van der Waals surface area contributed by atoms with Crippen LogP contribution >= 0.6 is 0 Å². The molecule has 1 nitrogen and oxygen atoms in total. The average Bonchev–Trinajstić information content (AvgIpc) is 2.31. The van der Waals surface area contributed by atoms with Crippen molar-refractivity contribution < 1.29 is 0 Å². The molecule has 0 fully saturated rings. The minimum Gasteiger partial charge on any atom is -0.324 e. The molecular weight excluding hydrogens is 194 g/mol. The molecule has 0 bridgehead atoms. The van der Waals surface area contributed by atoms with Crippen LogP contribution in [0.4, 0.5) is 0 Å². The van der Waals surface area contributed by atoms with Gasteiger partial charge in [0, 0.05) is 6.04 Å². The molecule has 0 aliphatic rings. The third kappa shape index (κ3) is 2.50. The first-order valence-electron chi connectivity index (χ1n) is 5.48. The normalized spacial score (nSPS) is 12.4. The molecule has 1 unspecified atom stereocenters. The van der Waals surface area contributed by atoms with E-state index in [1.54, 1.807) is 0 Å². The van der Waals surface area contributed by atoms with E-state index in [1.165, 1.54) is 5.56 Å². The van der Waals surface area contributed by atoms with Gasteiger partial charge in [-0.05, 0) is 30.0 Å². The van der Waals surface area contributed by atoms with Crippen LogP contribution in [0.3, 0.4) is 0 Å². The molecule has 0 saturated heterocycles. The lowest BCUT2D eigenvalue weighted by Crippen LogP contribution is -2.14. The Balaban J connectivity index is 2.15. The molecule has 0 aliphatic carbocycles. The largest absolute Gasteiger partial charge is 0.324 e. The lowest BCUT2D eigenvalue weighted by Gasteiger charge is -2.14. The summed E-state index contributed by atoms with van der Waals surface area (Å²) in [5.41, 5.74) is 9.60. The fraction of sp³-hybridized carbons (Fsp3) is 0.133. The Kier molecular flexibility index (Phi) is 3.37. The van der Waals surface area contributed by atoms with Gasteiger partial charge in [0.1, 0.15) is 0 Å². The van der Waals surface area contributed by atoms with E-state index in [2.05, 4.69) is 25.1 Å². The summed E-state index contributed by atoms with van der Waals surface area (Å²) in [7, 11) is 0. The molecule has 2 rings (SSSR count). The van der Waals surface area contributed by atoms with Crippen LogP contribution in [0.25, 0.3) is 0 Å². The van der Waals surface area contributed by atoms with Crippen molar-refractivity contribution in [2.24, 2.45) is 5.73 Å². The van der Waals surface area contributed by atoms with Crippen LogP contribution in [-0.4, -0.2) is 0 Å². The first kappa shape index (κ1) is 10.9. The molecule has 1 atom stereocenters. The fourth-order valence-electron chi connectivity index (χ4n) is 1.87. The van der Waals surface area contributed by atoms with Crippen LogP contribution in [0.1, 0.15) is 22.7 Å². The molecule has 2 aromatic carbocycles. The highest BCUT2D eigenvalue weighted by molar-refractivity contribution is 5.33. The second-order valence-corrected chi connectivity index (χ2v) is 4.00. The lowest BCUT2D eigenvalue weighted by atomic mass is 9.96. The van der Waals surface area contributed by atoms with Gasteiger partial charge in [0.05, 0.1) is 0 Å². The van der Waals surface area contributed by atoms with Crippen LogP contribution in [0.15, 0.2) is 54.6 Å². The molecule has 1 heteroatoms. The minimum atomic E-state index is 0.0242. The van der Waals surface area contributed by atoms with Crippen molar-refractivity contribution in [3.05, 3.63) is 78.2 Å². The number of nitrogens with two attached hydrogens (primary N) is 1. The minimum absolute atomic E-state index is 0.0242. The van der Waals surface area contributed by atoms with Crippen molar-refractivity contribution in [2.45, 2.75) is 12.5 Å². The Bertz CT molecular complexity index is 448. The van der Waals surface area contributed by atoms with Gasteiger partial charge in [-0.2, -0.15) is 0 Å². The summed E-state index contributed by atoms with van der Waals surface area (Å²) < 4.78 is 0. The Morgan fingerprint density at radius 2 is 1.56 bits per heavy atom.